The number of nitrogens with one attached hydrogen (secondary N) is 1. The van der Waals surface area contributed by atoms with Crippen molar-refractivity contribution < 1.29 is 31.3 Å². The van der Waals surface area contributed by atoms with Crippen LogP contribution in [0.25, 0.3) is 0 Å². The molecule has 1 N–H and O–H groups in total. The molecule has 3 rings (SSSR count). The molecule has 0 spiro atoms. The summed E-state index contributed by atoms with van der Waals surface area (Å²) >= 11 is 0. The number of alkyl halides is 3. The number of carbonyl (C=O) groups is 1. The molecule has 1 heterocycles. The average Bonchev–Trinajstić information content (AvgIpc) is 2.91. The summed E-state index contributed by atoms with van der Waals surface area (Å²) in [5, 5.41) is 10.8. The van der Waals surface area contributed by atoms with Crippen LogP contribution in [0.1, 0.15) is 21.5 Å². The number of non-ortho nitro benzene ring substituents is 1. The van der Waals surface area contributed by atoms with Crippen LogP contribution in [-0.4, -0.2) is 29.7 Å². The Morgan fingerprint density at radius 1 is 1.14 bits per heavy atom. The van der Waals surface area contributed by atoms with Crippen LogP contribution in [0.2, 0.25) is 0 Å². The SMILES string of the molecule is O=C1c2cc([N+](=O)[O-])ccc2CN1Cc1ccc(NS(=O)(=O)C(F)(F)F)cc1. The molecule has 2 aromatic rings. The van der Waals surface area contributed by atoms with Gasteiger partial charge in [-0.15, -0.1) is 0 Å². The van der Waals surface area contributed by atoms with Crippen molar-refractivity contribution in [2.24, 2.45) is 0 Å². The van der Waals surface area contributed by atoms with Gasteiger partial charge in [-0.25, -0.2) is 0 Å². The topological polar surface area (TPSA) is 110 Å². The highest BCUT2D eigenvalue weighted by molar-refractivity contribution is 7.93. The maximum absolute atomic E-state index is 12.4. The largest absolute Gasteiger partial charge is 0.516 e. The second-order valence-corrected chi connectivity index (χ2v) is 7.68. The van der Waals surface area contributed by atoms with E-state index >= 15 is 0 Å². The van der Waals surface area contributed by atoms with E-state index in [0.29, 0.717) is 11.1 Å². The van der Waals surface area contributed by atoms with Crippen LogP contribution in [0.4, 0.5) is 24.5 Å². The van der Waals surface area contributed by atoms with Crippen LogP contribution in [-0.2, 0) is 23.1 Å². The first-order valence-electron chi connectivity index (χ1n) is 7.72. The Bertz CT molecular complexity index is 1050. The van der Waals surface area contributed by atoms with E-state index in [4.69, 9.17) is 0 Å². The van der Waals surface area contributed by atoms with E-state index in [-0.39, 0.29) is 30.0 Å². The third-order valence-corrected chi connectivity index (χ3v) is 5.18. The first kappa shape index (κ1) is 19.6. The van der Waals surface area contributed by atoms with Crippen molar-refractivity contribution >= 4 is 27.3 Å². The second kappa shape index (κ2) is 6.78. The lowest BCUT2D eigenvalue weighted by Crippen LogP contribution is -2.29. The average molecular weight is 415 g/mol. The predicted octanol–water partition coefficient (Wildman–Crippen LogP) is 3.01. The number of sulfonamides is 1. The van der Waals surface area contributed by atoms with Gasteiger partial charge in [0, 0.05) is 30.9 Å². The molecule has 0 bridgehead atoms. The molecule has 0 aliphatic carbocycles. The number of benzene rings is 2. The van der Waals surface area contributed by atoms with Crippen LogP contribution in [0, 0.1) is 10.1 Å². The summed E-state index contributed by atoms with van der Waals surface area (Å²) in [6, 6.07) is 9.07. The molecule has 1 amide bonds. The van der Waals surface area contributed by atoms with Crippen LogP contribution in [0.3, 0.4) is 0 Å². The molecule has 8 nitrogen and oxygen atoms in total. The standard InChI is InChI=1S/C16H12F3N3O5S/c17-16(18,19)28(26,27)20-12-4-1-10(2-5-12)8-21-9-11-3-6-13(22(24)25)7-14(11)15(21)23/h1-7,20H,8-9H2. The molecular formula is C16H12F3N3O5S. The number of nitro groups is 1. The molecule has 0 saturated heterocycles. The molecule has 1 aliphatic heterocycles. The number of rotatable bonds is 5. The predicted molar refractivity (Wildman–Crippen MR) is 91.7 cm³/mol. The summed E-state index contributed by atoms with van der Waals surface area (Å²) in [6.45, 7) is 0.336. The van der Waals surface area contributed by atoms with Crippen LogP contribution < -0.4 is 4.72 Å². The van der Waals surface area contributed by atoms with E-state index in [1.807, 2.05) is 0 Å². The first-order valence-corrected chi connectivity index (χ1v) is 9.21. The van der Waals surface area contributed by atoms with Crippen molar-refractivity contribution in [1.29, 1.82) is 0 Å². The summed E-state index contributed by atoms with van der Waals surface area (Å²) in [7, 11) is -5.51. The third-order valence-electron chi connectivity index (χ3n) is 4.07. The van der Waals surface area contributed by atoms with Gasteiger partial charge >= 0.3 is 15.5 Å². The molecule has 1 aliphatic rings. The van der Waals surface area contributed by atoms with E-state index in [1.165, 1.54) is 40.0 Å². The van der Waals surface area contributed by atoms with E-state index in [1.54, 1.807) is 0 Å². The summed E-state index contributed by atoms with van der Waals surface area (Å²) in [6.07, 6.45) is 0. The Morgan fingerprint density at radius 2 is 1.79 bits per heavy atom. The molecular weight excluding hydrogens is 403 g/mol. The van der Waals surface area contributed by atoms with E-state index < -0.39 is 26.4 Å². The minimum atomic E-state index is -5.51. The zero-order valence-corrected chi connectivity index (χ0v) is 14.7. The smallest absolute Gasteiger partial charge is 0.330 e. The van der Waals surface area contributed by atoms with Crippen molar-refractivity contribution in [2.45, 2.75) is 18.6 Å². The highest BCUT2D eigenvalue weighted by Gasteiger charge is 2.46. The number of nitro benzene ring substituents is 1. The lowest BCUT2D eigenvalue weighted by Gasteiger charge is -2.16. The molecule has 0 unspecified atom stereocenters. The van der Waals surface area contributed by atoms with Gasteiger partial charge < -0.3 is 4.90 Å². The maximum atomic E-state index is 12.4. The number of amides is 1. The number of fused-ring (bicyclic) bond motifs is 1. The summed E-state index contributed by atoms with van der Waals surface area (Å²) < 4.78 is 60.8. The third kappa shape index (κ3) is 3.76. The Labute approximate surface area is 156 Å². The number of hydrogen-bond acceptors (Lipinski definition) is 5. The molecule has 28 heavy (non-hydrogen) atoms. The fraction of sp³-hybridized carbons (Fsp3) is 0.188. The Hall–Kier alpha value is -3.15. The van der Waals surface area contributed by atoms with Crippen molar-refractivity contribution in [3.05, 3.63) is 69.3 Å². The Morgan fingerprint density at radius 3 is 2.36 bits per heavy atom. The second-order valence-electron chi connectivity index (χ2n) is 6.01. The van der Waals surface area contributed by atoms with Crippen molar-refractivity contribution in [3.8, 4) is 0 Å². The van der Waals surface area contributed by atoms with E-state index in [0.717, 1.165) is 12.1 Å². The van der Waals surface area contributed by atoms with Crippen molar-refractivity contribution in [2.75, 3.05) is 4.72 Å². The lowest BCUT2D eigenvalue weighted by molar-refractivity contribution is -0.384. The van der Waals surface area contributed by atoms with Gasteiger partial charge in [0.1, 0.15) is 0 Å². The van der Waals surface area contributed by atoms with Crippen LogP contribution in [0.5, 0.6) is 0 Å². The molecule has 148 valence electrons. The minimum Gasteiger partial charge on any atom is -0.330 e. The molecule has 0 aromatic heterocycles. The number of halogens is 3. The van der Waals surface area contributed by atoms with Gasteiger partial charge in [-0.2, -0.15) is 21.6 Å². The molecule has 2 aromatic carbocycles. The molecule has 0 atom stereocenters. The van der Waals surface area contributed by atoms with Gasteiger partial charge in [-0.3, -0.25) is 19.6 Å². The zero-order valence-electron chi connectivity index (χ0n) is 13.9. The number of carbonyl (C=O) groups excluding carboxylic acids is 1. The quantitative estimate of drug-likeness (QED) is 0.596. The van der Waals surface area contributed by atoms with Gasteiger partial charge in [0.2, 0.25) is 0 Å². The van der Waals surface area contributed by atoms with Gasteiger partial charge in [0.05, 0.1) is 10.5 Å². The Kier molecular flexibility index (Phi) is 4.75. The van der Waals surface area contributed by atoms with Gasteiger partial charge in [-0.1, -0.05) is 12.1 Å². The molecule has 0 saturated carbocycles. The first-order chi connectivity index (χ1) is 13.0. The van der Waals surface area contributed by atoms with E-state index in [9.17, 15) is 36.5 Å². The fourth-order valence-corrected chi connectivity index (χ4v) is 3.26. The number of anilines is 1. The number of hydrogen-bond donors (Lipinski definition) is 1. The monoisotopic (exact) mass is 415 g/mol. The van der Waals surface area contributed by atoms with E-state index in [2.05, 4.69) is 0 Å². The maximum Gasteiger partial charge on any atom is 0.516 e. The zero-order chi connectivity index (χ0) is 20.7. The fourth-order valence-electron chi connectivity index (χ4n) is 2.70. The van der Waals surface area contributed by atoms with Crippen LogP contribution >= 0.6 is 0 Å². The van der Waals surface area contributed by atoms with Crippen molar-refractivity contribution in [3.63, 3.8) is 0 Å². The summed E-state index contributed by atoms with van der Waals surface area (Å²) in [5.41, 5.74) is -4.50. The summed E-state index contributed by atoms with van der Waals surface area (Å²) in [4.78, 5) is 24.1. The normalized spacial score (nSPS) is 14.1. The molecule has 12 heteroatoms. The molecule has 0 radical (unpaired) electrons. The van der Waals surface area contributed by atoms with Gasteiger partial charge in [0.25, 0.3) is 11.6 Å². The van der Waals surface area contributed by atoms with Crippen LogP contribution in [0.15, 0.2) is 42.5 Å². The highest BCUT2D eigenvalue weighted by Crippen LogP contribution is 2.29. The summed E-state index contributed by atoms with van der Waals surface area (Å²) in [5.74, 6) is -0.402. The molecule has 0 fully saturated rings. The van der Waals surface area contributed by atoms with Gasteiger partial charge in [-0.05, 0) is 29.3 Å². The Balaban J connectivity index is 1.71. The van der Waals surface area contributed by atoms with Gasteiger partial charge in [0.15, 0.2) is 0 Å². The van der Waals surface area contributed by atoms with Crippen molar-refractivity contribution in [1.82, 2.24) is 4.90 Å². The highest BCUT2D eigenvalue weighted by atomic mass is 32.2. The lowest BCUT2D eigenvalue weighted by atomic mass is 10.1. The number of nitrogens with zero attached hydrogens (tertiary/aromatic N) is 2. The minimum absolute atomic E-state index is 0.105.